The Morgan fingerprint density at radius 1 is 1.33 bits per heavy atom. The molecule has 2 atom stereocenters. The van der Waals surface area contributed by atoms with Crippen LogP contribution in [0.3, 0.4) is 0 Å². The maximum absolute atomic E-state index is 12.8. The number of benzene rings is 1. The number of hydrogen-bond acceptors (Lipinski definition) is 5. The fourth-order valence-electron chi connectivity index (χ4n) is 2.91. The van der Waals surface area contributed by atoms with Gasteiger partial charge in [-0.2, -0.15) is 0 Å². The van der Waals surface area contributed by atoms with Crippen LogP contribution in [0.5, 0.6) is 0 Å². The number of carbonyl (C=O) groups excluding carboxylic acids is 1. The van der Waals surface area contributed by atoms with Crippen LogP contribution in [-0.4, -0.2) is 44.9 Å². The Labute approximate surface area is 151 Å². The van der Waals surface area contributed by atoms with Crippen LogP contribution >= 0.6 is 23.2 Å². The van der Waals surface area contributed by atoms with Crippen LogP contribution in [0.15, 0.2) is 23.1 Å². The van der Waals surface area contributed by atoms with Gasteiger partial charge in [0, 0.05) is 11.6 Å². The van der Waals surface area contributed by atoms with Crippen LogP contribution in [-0.2, 0) is 14.6 Å². The van der Waals surface area contributed by atoms with Crippen molar-refractivity contribution in [1.29, 1.82) is 0 Å². The van der Waals surface area contributed by atoms with Crippen molar-refractivity contribution in [3.8, 4) is 0 Å². The van der Waals surface area contributed by atoms with Gasteiger partial charge in [0.2, 0.25) is 5.91 Å². The molecule has 1 saturated heterocycles. The van der Waals surface area contributed by atoms with E-state index in [2.05, 4.69) is 16.0 Å². The molecule has 3 N–H and O–H groups in total. The first-order chi connectivity index (χ1) is 11.3. The minimum atomic E-state index is -3.63. The summed E-state index contributed by atoms with van der Waals surface area (Å²) in [5.41, 5.74) is -0.324. The van der Waals surface area contributed by atoms with E-state index >= 15 is 0 Å². The fraction of sp³-hybridized carbons (Fsp3) is 0.533. The molecule has 0 bridgehead atoms. The molecule has 1 aromatic carbocycles. The minimum Gasteiger partial charge on any atom is -0.337 e. The summed E-state index contributed by atoms with van der Waals surface area (Å²) >= 11 is 11.9. The highest BCUT2D eigenvalue weighted by atomic mass is 35.5. The van der Waals surface area contributed by atoms with Crippen LogP contribution in [0.4, 0.5) is 0 Å². The van der Waals surface area contributed by atoms with E-state index in [1.807, 2.05) is 0 Å². The van der Waals surface area contributed by atoms with Crippen LogP contribution in [0.1, 0.15) is 19.3 Å². The Morgan fingerprint density at radius 2 is 2.04 bits per heavy atom. The first kappa shape index (κ1) is 17.9. The van der Waals surface area contributed by atoms with Crippen LogP contribution < -0.4 is 16.0 Å². The third kappa shape index (κ3) is 3.41. The van der Waals surface area contributed by atoms with Gasteiger partial charge in [-0.1, -0.05) is 23.2 Å². The van der Waals surface area contributed by atoms with Crippen molar-refractivity contribution in [2.45, 2.75) is 41.1 Å². The maximum Gasteiger partial charge on any atom is 0.238 e. The molecule has 1 aliphatic carbocycles. The van der Waals surface area contributed by atoms with Gasteiger partial charge in [-0.05, 0) is 44.5 Å². The quantitative estimate of drug-likeness (QED) is 0.658. The second-order valence-electron chi connectivity index (χ2n) is 6.26. The second-order valence-corrected chi connectivity index (χ2v) is 9.30. The molecule has 0 spiro atoms. The van der Waals surface area contributed by atoms with Gasteiger partial charge >= 0.3 is 0 Å². The van der Waals surface area contributed by atoms with Gasteiger partial charge in [0.25, 0.3) is 0 Å². The molecule has 6 nitrogen and oxygen atoms in total. The fourth-order valence-corrected chi connectivity index (χ4v) is 5.35. The van der Waals surface area contributed by atoms with E-state index in [9.17, 15) is 13.2 Å². The molecule has 3 rings (SSSR count). The van der Waals surface area contributed by atoms with Gasteiger partial charge in [-0.25, -0.2) is 8.42 Å². The second kappa shape index (κ2) is 6.46. The Hall–Kier alpha value is -0.860. The molecule has 2 aliphatic rings. The first-order valence-corrected chi connectivity index (χ1v) is 10.0. The molecule has 2 fully saturated rings. The Kier molecular flexibility index (Phi) is 4.83. The molecule has 132 valence electrons. The van der Waals surface area contributed by atoms with Gasteiger partial charge in [-0.15, -0.1) is 0 Å². The lowest BCUT2D eigenvalue weighted by Crippen LogP contribution is -2.51. The molecule has 1 heterocycles. The number of halogens is 2. The third-order valence-electron chi connectivity index (χ3n) is 4.64. The molecule has 1 amide bonds. The number of carbonyl (C=O) groups is 1. The predicted molar refractivity (Wildman–Crippen MR) is 93.0 cm³/mol. The lowest BCUT2D eigenvalue weighted by Gasteiger charge is -2.19. The predicted octanol–water partition coefficient (Wildman–Crippen LogP) is 1.32. The van der Waals surface area contributed by atoms with Gasteiger partial charge in [-0.3, -0.25) is 10.1 Å². The number of sulfone groups is 1. The zero-order valence-corrected chi connectivity index (χ0v) is 15.4. The van der Waals surface area contributed by atoms with Crippen molar-refractivity contribution in [1.82, 2.24) is 16.0 Å². The summed E-state index contributed by atoms with van der Waals surface area (Å²) in [7, 11) is -1.84. The SMILES string of the molecule is CNC1(NC(=O)C2CC(S(=O)(=O)c3ccc(Cl)cc3Cl)CN2)CC1. The standard InChI is InChI=1S/C15H19Cl2N3O3S/c1-18-15(4-5-15)20-14(21)12-7-10(8-19-12)24(22,23)13-3-2-9(16)6-11(13)17/h2-3,6,10,12,18-19H,4-5,7-8H2,1H3,(H,20,21). The molecular weight excluding hydrogens is 373 g/mol. The monoisotopic (exact) mass is 391 g/mol. The van der Waals surface area contributed by atoms with E-state index in [4.69, 9.17) is 23.2 Å². The summed E-state index contributed by atoms with van der Waals surface area (Å²) in [5.74, 6) is -0.179. The van der Waals surface area contributed by atoms with Crippen molar-refractivity contribution in [2.75, 3.05) is 13.6 Å². The van der Waals surface area contributed by atoms with E-state index in [0.717, 1.165) is 12.8 Å². The van der Waals surface area contributed by atoms with Crippen molar-refractivity contribution in [3.05, 3.63) is 28.2 Å². The van der Waals surface area contributed by atoms with Crippen LogP contribution in [0.2, 0.25) is 10.0 Å². The third-order valence-corrected chi connectivity index (χ3v) is 7.50. The van der Waals surface area contributed by atoms with E-state index in [-0.39, 0.29) is 34.5 Å². The Morgan fingerprint density at radius 3 is 2.62 bits per heavy atom. The maximum atomic E-state index is 12.8. The molecule has 1 saturated carbocycles. The largest absolute Gasteiger partial charge is 0.337 e. The van der Waals surface area contributed by atoms with Gasteiger partial charge in [0.05, 0.1) is 26.9 Å². The smallest absolute Gasteiger partial charge is 0.238 e. The lowest BCUT2D eigenvalue weighted by atomic mass is 10.2. The minimum absolute atomic E-state index is 0.0512. The lowest BCUT2D eigenvalue weighted by molar-refractivity contribution is -0.123. The zero-order chi connectivity index (χ0) is 17.5. The highest BCUT2D eigenvalue weighted by Crippen LogP contribution is 2.33. The summed E-state index contributed by atoms with van der Waals surface area (Å²) in [6.45, 7) is 0.214. The highest BCUT2D eigenvalue weighted by Gasteiger charge is 2.45. The van der Waals surface area contributed by atoms with Gasteiger partial charge in [0.1, 0.15) is 0 Å². The molecule has 1 aromatic rings. The van der Waals surface area contributed by atoms with E-state index in [1.165, 1.54) is 18.2 Å². The summed E-state index contributed by atoms with van der Waals surface area (Å²) in [6, 6.07) is 3.79. The average Bonchev–Trinajstić information content (AvgIpc) is 3.10. The molecule has 0 aromatic heterocycles. The van der Waals surface area contributed by atoms with E-state index in [1.54, 1.807) is 7.05 Å². The Balaban J connectivity index is 1.71. The highest BCUT2D eigenvalue weighted by molar-refractivity contribution is 7.92. The van der Waals surface area contributed by atoms with Crippen LogP contribution in [0, 0.1) is 0 Å². The Bertz CT molecular complexity index is 765. The summed E-state index contributed by atoms with van der Waals surface area (Å²) in [4.78, 5) is 12.4. The van der Waals surface area contributed by atoms with Crippen molar-refractivity contribution in [3.63, 3.8) is 0 Å². The molecule has 2 unspecified atom stereocenters. The van der Waals surface area contributed by atoms with Gasteiger partial charge in [0.15, 0.2) is 9.84 Å². The number of amides is 1. The summed E-state index contributed by atoms with van der Waals surface area (Å²) < 4.78 is 25.6. The molecule has 1 aliphatic heterocycles. The number of rotatable bonds is 5. The number of nitrogens with one attached hydrogen (secondary N) is 3. The normalized spacial score (nSPS) is 25.5. The molecule has 24 heavy (non-hydrogen) atoms. The molecular formula is C15H19Cl2N3O3S. The topological polar surface area (TPSA) is 87.3 Å². The first-order valence-electron chi connectivity index (χ1n) is 7.71. The molecule has 0 radical (unpaired) electrons. The zero-order valence-electron chi connectivity index (χ0n) is 13.1. The van der Waals surface area contributed by atoms with Crippen LogP contribution in [0.25, 0.3) is 0 Å². The summed E-state index contributed by atoms with van der Waals surface area (Å²) in [6.07, 6.45) is 1.97. The average molecular weight is 392 g/mol. The van der Waals surface area contributed by atoms with E-state index in [0.29, 0.717) is 5.02 Å². The van der Waals surface area contributed by atoms with Crippen molar-refractivity contribution < 1.29 is 13.2 Å². The van der Waals surface area contributed by atoms with Crippen molar-refractivity contribution >= 4 is 38.9 Å². The van der Waals surface area contributed by atoms with E-state index < -0.39 is 21.1 Å². The van der Waals surface area contributed by atoms with Crippen molar-refractivity contribution in [2.24, 2.45) is 0 Å². The molecule has 9 heteroatoms. The number of hydrogen-bond donors (Lipinski definition) is 3. The summed E-state index contributed by atoms with van der Waals surface area (Å²) in [5, 5.41) is 8.80. The van der Waals surface area contributed by atoms with Gasteiger partial charge < -0.3 is 10.6 Å².